The second-order valence-corrected chi connectivity index (χ2v) is 5.07. The number of aromatic nitrogens is 3. The minimum absolute atomic E-state index is 0.207. The van der Waals surface area contributed by atoms with Gasteiger partial charge in [-0.2, -0.15) is 0 Å². The number of nitrogens with one attached hydrogen (secondary N) is 2. The average Bonchev–Trinajstić information content (AvgIpc) is 2.87. The summed E-state index contributed by atoms with van der Waals surface area (Å²) in [4.78, 5) is 4.20. The van der Waals surface area contributed by atoms with Gasteiger partial charge in [0.25, 0.3) is 0 Å². The van der Waals surface area contributed by atoms with Gasteiger partial charge < -0.3 is 19.9 Å². The first kappa shape index (κ1) is 14.8. The van der Waals surface area contributed by atoms with Crippen molar-refractivity contribution in [2.75, 3.05) is 20.8 Å². The van der Waals surface area contributed by atoms with E-state index in [4.69, 9.17) is 4.74 Å². The van der Waals surface area contributed by atoms with Crippen molar-refractivity contribution in [2.45, 2.75) is 45.3 Å². The van der Waals surface area contributed by atoms with Crippen molar-refractivity contribution >= 4 is 5.96 Å². The van der Waals surface area contributed by atoms with E-state index in [1.807, 2.05) is 0 Å². The normalized spacial score (nSPS) is 16.6. The summed E-state index contributed by atoms with van der Waals surface area (Å²) in [7, 11) is 3.45. The summed E-state index contributed by atoms with van der Waals surface area (Å²) >= 11 is 0. The molecule has 0 aromatic carbocycles. The van der Waals surface area contributed by atoms with Crippen molar-refractivity contribution in [3.8, 4) is 0 Å². The van der Waals surface area contributed by atoms with Crippen LogP contribution in [-0.2, 0) is 24.2 Å². The van der Waals surface area contributed by atoms with E-state index in [1.165, 1.54) is 12.8 Å². The second-order valence-electron chi connectivity index (χ2n) is 5.07. The molecule has 0 aliphatic carbocycles. The molecule has 1 aliphatic rings. The Morgan fingerprint density at radius 3 is 3.05 bits per heavy atom. The molecule has 0 saturated heterocycles. The Kier molecular flexibility index (Phi) is 5.34. The zero-order valence-corrected chi connectivity index (χ0v) is 12.5. The van der Waals surface area contributed by atoms with Crippen LogP contribution in [0.5, 0.6) is 0 Å². The lowest BCUT2D eigenvalue weighted by Crippen LogP contribution is -2.43. The van der Waals surface area contributed by atoms with Gasteiger partial charge in [-0.15, -0.1) is 10.2 Å². The number of rotatable bonds is 5. The number of methoxy groups -OCH3 is 1. The van der Waals surface area contributed by atoms with Crippen LogP contribution in [0.2, 0.25) is 0 Å². The molecule has 2 heterocycles. The summed E-state index contributed by atoms with van der Waals surface area (Å²) in [5, 5.41) is 15.0. The number of guanidine groups is 1. The topological polar surface area (TPSA) is 76.4 Å². The average molecular weight is 280 g/mol. The van der Waals surface area contributed by atoms with Gasteiger partial charge in [0, 0.05) is 33.2 Å². The van der Waals surface area contributed by atoms with Crippen LogP contribution in [0, 0.1) is 0 Å². The molecule has 1 aliphatic heterocycles. The summed E-state index contributed by atoms with van der Waals surface area (Å²) in [6.07, 6.45) is 3.45. The van der Waals surface area contributed by atoms with Crippen LogP contribution in [0.4, 0.5) is 0 Å². The Labute approximate surface area is 119 Å². The second kappa shape index (κ2) is 7.23. The molecule has 1 atom stereocenters. The molecule has 2 N–H and O–H groups in total. The van der Waals surface area contributed by atoms with Gasteiger partial charge in [-0.25, -0.2) is 0 Å². The fourth-order valence-corrected chi connectivity index (χ4v) is 2.38. The third kappa shape index (κ3) is 3.69. The van der Waals surface area contributed by atoms with Crippen molar-refractivity contribution in [3.63, 3.8) is 0 Å². The molecule has 20 heavy (non-hydrogen) atoms. The molecule has 1 aromatic rings. The van der Waals surface area contributed by atoms with Crippen LogP contribution in [-0.4, -0.2) is 47.5 Å². The molecule has 2 rings (SSSR count). The first-order valence-corrected chi connectivity index (χ1v) is 7.11. The largest absolute Gasteiger partial charge is 0.383 e. The van der Waals surface area contributed by atoms with E-state index in [0.717, 1.165) is 30.6 Å². The zero-order chi connectivity index (χ0) is 14.4. The monoisotopic (exact) mass is 280 g/mol. The lowest BCUT2D eigenvalue weighted by molar-refractivity contribution is 0.179. The minimum Gasteiger partial charge on any atom is -0.383 e. The predicted octanol–water partition coefficient (Wildman–Crippen LogP) is 0.314. The fraction of sp³-hybridized carbons (Fsp3) is 0.769. The highest BCUT2D eigenvalue weighted by Crippen LogP contribution is 2.13. The Morgan fingerprint density at radius 1 is 1.45 bits per heavy atom. The van der Waals surface area contributed by atoms with Crippen molar-refractivity contribution in [3.05, 3.63) is 11.6 Å². The molecular weight excluding hydrogens is 256 g/mol. The van der Waals surface area contributed by atoms with Gasteiger partial charge in [-0.1, -0.05) is 0 Å². The van der Waals surface area contributed by atoms with Gasteiger partial charge in [-0.05, 0) is 19.8 Å². The van der Waals surface area contributed by atoms with E-state index in [-0.39, 0.29) is 6.04 Å². The molecule has 7 heteroatoms. The smallest absolute Gasteiger partial charge is 0.191 e. The lowest BCUT2D eigenvalue weighted by Gasteiger charge is -2.18. The van der Waals surface area contributed by atoms with Crippen LogP contribution in [0.3, 0.4) is 0 Å². The number of aliphatic imine (C=N–C) groups is 1. The standard InChI is InChI=1S/C13H24N6O/c1-10(9-20-3)16-13(14-2)15-8-12-18-17-11-6-4-5-7-19(11)12/h10H,4-9H2,1-3H3,(H2,14,15,16). The number of hydrogen-bond donors (Lipinski definition) is 2. The quantitative estimate of drug-likeness (QED) is 0.600. The third-order valence-electron chi connectivity index (χ3n) is 3.37. The highest BCUT2D eigenvalue weighted by molar-refractivity contribution is 5.79. The molecular formula is C13H24N6O. The summed E-state index contributed by atoms with van der Waals surface area (Å²) in [6, 6.07) is 0.207. The molecule has 1 aromatic heterocycles. The number of nitrogens with zero attached hydrogens (tertiary/aromatic N) is 4. The van der Waals surface area contributed by atoms with Crippen molar-refractivity contribution in [2.24, 2.45) is 4.99 Å². The van der Waals surface area contributed by atoms with Crippen LogP contribution in [0.1, 0.15) is 31.4 Å². The van der Waals surface area contributed by atoms with Gasteiger partial charge in [0.1, 0.15) is 5.82 Å². The molecule has 0 amide bonds. The van der Waals surface area contributed by atoms with Gasteiger partial charge in [0.2, 0.25) is 0 Å². The van der Waals surface area contributed by atoms with Crippen LogP contribution in [0.15, 0.2) is 4.99 Å². The molecule has 1 unspecified atom stereocenters. The molecule has 0 saturated carbocycles. The number of fused-ring (bicyclic) bond motifs is 1. The highest BCUT2D eigenvalue weighted by atomic mass is 16.5. The van der Waals surface area contributed by atoms with Crippen molar-refractivity contribution in [1.29, 1.82) is 0 Å². The van der Waals surface area contributed by atoms with E-state index >= 15 is 0 Å². The third-order valence-corrected chi connectivity index (χ3v) is 3.37. The SMILES string of the molecule is CN=C(NCc1nnc2n1CCCC2)NC(C)COC. The fourth-order valence-electron chi connectivity index (χ4n) is 2.38. The van der Waals surface area contributed by atoms with Gasteiger partial charge in [0.15, 0.2) is 11.8 Å². The van der Waals surface area contributed by atoms with Crippen molar-refractivity contribution < 1.29 is 4.74 Å². The maximum absolute atomic E-state index is 5.10. The molecule has 7 nitrogen and oxygen atoms in total. The van der Waals surface area contributed by atoms with E-state index < -0.39 is 0 Å². The molecule has 0 spiro atoms. The van der Waals surface area contributed by atoms with E-state index in [0.29, 0.717) is 13.2 Å². The molecule has 0 radical (unpaired) electrons. The first-order valence-electron chi connectivity index (χ1n) is 7.11. The van der Waals surface area contributed by atoms with Crippen LogP contribution < -0.4 is 10.6 Å². The predicted molar refractivity (Wildman–Crippen MR) is 77.6 cm³/mol. The number of aryl methyl sites for hydroxylation is 1. The summed E-state index contributed by atoms with van der Waals surface area (Å²) < 4.78 is 7.31. The molecule has 0 bridgehead atoms. The zero-order valence-electron chi connectivity index (χ0n) is 12.5. The van der Waals surface area contributed by atoms with E-state index in [1.54, 1.807) is 14.2 Å². The Hall–Kier alpha value is -1.63. The van der Waals surface area contributed by atoms with Crippen LogP contribution >= 0.6 is 0 Å². The van der Waals surface area contributed by atoms with E-state index in [9.17, 15) is 0 Å². The summed E-state index contributed by atoms with van der Waals surface area (Å²) in [6.45, 7) is 4.34. The van der Waals surface area contributed by atoms with Gasteiger partial charge >= 0.3 is 0 Å². The summed E-state index contributed by atoms with van der Waals surface area (Å²) in [5.41, 5.74) is 0. The maximum Gasteiger partial charge on any atom is 0.191 e. The minimum atomic E-state index is 0.207. The molecule has 0 fully saturated rings. The van der Waals surface area contributed by atoms with Crippen LogP contribution in [0.25, 0.3) is 0 Å². The highest BCUT2D eigenvalue weighted by Gasteiger charge is 2.15. The lowest BCUT2D eigenvalue weighted by atomic mass is 10.2. The Bertz CT molecular complexity index is 456. The van der Waals surface area contributed by atoms with Gasteiger partial charge in [-0.3, -0.25) is 4.99 Å². The Morgan fingerprint density at radius 2 is 2.30 bits per heavy atom. The number of hydrogen-bond acceptors (Lipinski definition) is 4. The molecule has 112 valence electrons. The first-order chi connectivity index (χ1) is 9.74. The van der Waals surface area contributed by atoms with Crippen molar-refractivity contribution in [1.82, 2.24) is 25.4 Å². The maximum atomic E-state index is 5.10. The number of ether oxygens (including phenoxy) is 1. The van der Waals surface area contributed by atoms with E-state index in [2.05, 4.69) is 37.3 Å². The van der Waals surface area contributed by atoms with Gasteiger partial charge in [0.05, 0.1) is 13.2 Å². The summed E-state index contributed by atoms with van der Waals surface area (Å²) in [5.74, 6) is 2.83. The Balaban J connectivity index is 1.89.